The molecule has 7 heteroatoms. The van der Waals surface area contributed by atoms with Crippen LogP contribution in [0.1, 0.15) is 39.6 Å². The molecule has 1 N–H and O–H groups in total. The molecule has 1 saturated heterocycles. The topological polar surface area (TPSA) is 64.6 Å². The number of aryl methyl sites for hydroxylation is 1. The Morgan fingerprint density at radius 3 is 2.33 bits per heavy atom. The van der Waals surface area contributed by atoms with Gasteiger partial charge in [0.1, 0.15) is 22.9 Å². The SMILES string of the molecule is CCc1cc2c(cc1-c1ccc(NC(=O)c3c(F)cccc3F)cc1)OC1(COC1)CC2=O. The second-order valence-corrected chi connectivity index (χ2v) is 8.37. The van der Waals surface area contributed by atoms with Crippen LogP contribution in [0.3, 0.4) is 0 Å². The second kappa shape index (κ2) is 8.08. The minimum absolute atomic E-state index is 0.0548. The standard InChI is InChI=1S/C26H21F2NO4/c1-2-15-10-19-22(30)12-26(13-32-14-26)33-23(19)11-18(15)16-6-8-17(9-7-16)29-25(31)24-20(27)4-3-5-21(24)28/h3-11H,2,12-14H2,1H3,(H,29,31). The highest BCUT2D eigenvalue weighted by atomic mass is 19.1. The smallest absolute Gasteiger partial charge is 0.261 e. The van der Waals surface area contributed by atoms with Crippen molar-refractivity contribution in [3.63, 3.8) is 0 Å². The Labute approximate surface area is 189 Å². The number of hydrogen-bond donors (Lipinski definition) is 1. The predicted octanol–water partition coefficient (Wildman–Crippen LogP) is 5.18. The minimum Gasteiger partial charge on any atom is -0.481 e. The molecule has 1 amide bonds. The number of ketones is 1. The van der Waals surface area contributed by atoms with Gasteiger partial charge in [0.05, 0.1) is 25.2 Å². The quantitative estimate of drug-likeness (QED) is 0.596. The van der Waals surface area contributed by atoms with Gasteiger partial charge in [0.25, 0.3) is 5.91 Å². The number of Topliss-reactive ketones (excluding diaryl/α,β-unsaturated/α-hetero) is 1. The molecule has 2 heterocycles. The van der Waals surface area contributed by atoms with Crippen molar-refractivity contribution in [3.8, 4) is 16.9 Å². The van der Waals surface area contributed by atoms with E-state index < -0.39 is 28.7 Å². The van der Waals surface area contributed by atoms with E-state index in [1.54, 1.807) is 24.3 Å². The molecule has 5 nitrogen and oxygen atoms in total. The Kier molecular flexibility index (Phi) is 5.21. The van der Waals surface area contributed by atoms with Crippen molar-refractivity contribution in [2.24, 2.45) is 0 Å². The van der Waals surface area contributed by atoms with Gasteiger partial charge in [0.2, 0.25) is 0 Å². The molecular formula is C26H21F2NO4. The van der Waals surface area contributed by atoms with Gasteiger partial charge < -0.3 is 14.8 Å². The molecule has 33 heavy (non-hydrogen) atoms. The summed E-state index contributed by atoms with van der Waals surface area (Å²) in [5, 5.41) is 2.53. The van der Waals surface area contributed by atoms with Crippen LogP contribution < -0.4 is 10.1 Å². The number of ether oxygens (including phenoxy) is 2. The number of rotatable bonds is 4. The molecule has 2 aliphatic rings. The first-order valence-corrected chi connectivity index (χ1v) is 10.7. The highest BCUT2D eigenvalue weighted by Gasteiger charge is 2.47. The lowest BCUT2D eigenvalue weighted by molar-refractivity contribution is -0.162. The van der Waals surface area contributed by atoms with Crippen LogP contribution in [-0.4, -0.2) is 30.5 Å². The van der Waals surface area contributed by atoms with Crippen LogP contribution in [0.25, 0.3) is 11.1 Å². The van der Waals surface area contributed by atoms with E-state index in [4.69, 9.17) is 9.47 Å². The van der Waals surface area contributed by atoms with Crippen molar-refractivity contribution >= 4 is 17.4 Å². The molecule has 3 aromatic rings. The molecule has 0 aromatic heterocycles. The first-order valence-electron chi connectivity index (χ1n) is 10.7. The van der Waals surface area contributed by atoms with Crippen molar-refractivity contribution in [2.45, 2.75) is 25.4 Å². The van der Waals surface area contributed by atoms with Crippen molar-refractivity contribution in [2.75, 3.05) is 18.5 Å². The zero-order valence-corrected chi connectivity index (χ0v) is 17.9. The summed E-state index contributed by atoms with van der Waals surface area (Å²) in [6.45, 7) is 2.82. The lowest BCUT2D eigenvalue weighted by Crippen LogP contribution is -2.57. The Hall–Kier alpha value is -3.58. The minimum atomic E-state index is -0.921. The van der Waals surface area contributed by atoms with E-state index in [0.717, 1.165) is 35.2 Å². The molecular weight excluding hydrogens is 428 g/mol. The fourth-order valence-corrected chi connectivity index (χ4v) is 4.28. The van der Waals surface area contributed by atoms with E-state index in [9.17, 15) is 18.4 Å². The summed E-state index contributed by atoms with van der Waals surface area (Å²) in [5.74, 6) is -2.10. The number of halogens is 2. The molecule has 168 valence electrons. The van der Waals surface area contributed by atoms with Crippen molar-refractivity contribution < 1.29 is 27.8 Å². The first-order chi connectivity index (χ1) is 15.9. The first kappa shape index (κ1) is 21.3. The molecule has 5 rings (SSSR count). The molecule has 0 radical (unpaired) electrons. The van der Waals surface area contributed by atoms with Gasteiger partial charge in [-0.25, -0.2) is 8.78 Å². The van der Waals surface area contributed by atoms with Crippen LogP contribution in [0.15, 0.2) is 54.6 Å². The molecule has 0 atom stereocenters. The number of carbonyl (C=O) groups excluding carboxylic acids is 2. The van der Waals surface area contributed by atoms with Crippen LogP contribution >= 0.6 is 0 Å². The molecule has 0 unspecified atom stereocenters. The third kappa shape index (κ3) is 3.78. The molecule has 0 aliphatic carbocycles. The van der Waals surface area contributed by atoms with Crippen LogP contribution in [0.5, 0.6) is 5.75 Å². The number of nitrogens with one attached hydrogen (secondary N) is 1. The Bertz CT molecular complexity index is 1250. The van der Waals surface area contributed by atoms with Crippen molar-refractivity contribution in [3.05, 3.63) is 82.9 Å². The van der Waals surface area contributed by atoms with Crippen molar-refractivity contribution in [1.82, 2.24) is 0 Å². The average molecular weight is 449 g/mol. The van der Waals surface area contributed by atoms with Gasteiger partial charge in [-0.1, -0.05) is 25.1 Å². The van der Waals surface area contributed by atoms with Crippen LogP contribution in [0, 0.1) is 11.6 Å². The molecule has 1 spiro atoms. The maximum Gasteiger partial charge on any atom is 0.261 e. The van der Waals surface area contributed by atoms with Gasteiger partial charge in [0.15, 0.2) is 11.4 Å². The maximum absolute atomic E-state index is 13.9. The van der Waals surface area contributed by atoms with E-state index in [2.05, 4.69) is 5.32 Å². The van der Waals surface area contributed by atoms with Crippen LogP contribution in [-0.2, 0) is 11.2 Å². The average Bonchev–Trinajstić information content (AvgIpc) is 2.77. The number of amides is 1. The molecule has 3 aromatic carbocycles. The molecule has 0 saturated carbocycles. The van der Waals surface area contributed by atoms with E-state index in [1.807, 2.05) is 19.1 Å². The van der Waals surface area contributed by atoms with Crippen LogP contribution in [0.2, 0.25) is 0 Å². The monoisotopic (exact) mass is 449 g/mol. The lowest BCUT2D eigenvalue weighted by Gasteiger charge is -2.44. The number of benzene rings is 3. The van der Waals surface area contributed by atoms with Gasteiger partial charge in [-0.15, -0.1) is 0 Å². The summed E-state index contributed by atoms with van der Waals surface area (Å²) in [5.41, 5.74) is 2.58. The third-order valence-corrected chi connectivity index (χ3v) is 6.07. The Morgan fingerprint density at radius 2 is 1.73 bits per heavy atom. The van der Waals surface area contributed by atoms with Gasteiger partial charge >= 0.3 is 0 Å². The van der Waals surface area contributed by atoms with Gasteiger partial charge in [-0.2, -0.15) is 0 Å². The number of carbonyl (C=O) groups is 2. The van der Waals surface area contributed by atoms with E-state index in [-0.39, 0.29) is 5.78 Å². The summed E-state index contributed by atoms with van der Waals surface area (Å²) in [4.78, 5) is 25.0. The highest BCUT2D eigenvalue weighted by molar-refractivity contribution is 6.05. The summed E-state index contributed by atoms with van der Waals surface area (Å²) in [6, 6.07) is 14.0. The largest absolute Gasteiger partial charge is 0.481 e. The van der Waals surface area contributed by atoms with Gasteiger partial charge in [-0.05, 0) is 59.5 Å². The number of hydrogen-bond acceptors (Lipinski definition) is 4. The fraction of sp³-hybridized carbons (Fsp3) is 0.231. The maximum atomic E-state index is 13.9. The zero-order chi connectivity index (χ0) is 23.2. The lowest BCUT2D eigenvalue weighted by atomic mass is 9.86. The van der Waals surface area contributed by atoms with Crippen LogP contribution in [0.4, 0.5) is 14.5 Å². The Balaban J connectivity index is 1.43. The Morgan fingerprint density at radius 1 is 1.03 bits per heavy atom. The molecule has 0 bridgehead atoms. The van der Waals surface area contributed by atoms with Gasteiger partial charge in [-0.3, -0.25) is 9.59 Å². The number of fused-ring (bicyclic) bond motifs is 1. The highest BCUT2D eigenvalue weighted by Crippen LogP contribution is 2.41. The van der Waals surface area contributed by atoms with Crippen molar-refractivity contribution in [1.29, 1.82) is 0 Å². The predicted molar refractivity (Wildman–Crippen MR) is 119 cm³/mol. The number of anilines is 1. The molecule has 1 fully saturated rings. The summed E-state index contributed by atoms with van der Waals surface area (Å²) in [7, 11) is 0. The fourth-order valence-electron chi connectivity index (χ4n) is 4.28. The van der Waals surface area contributed by atoms with E-state index in [0.29, 0.717) is 36.6 Å². The normalized spacial score (nSPS) is 16.0. The zero-order valence-electron chi connectivity index (χ0n) is 17.9. The van der Waals surface area contributed by atoms with E-state index in [1.165, 1.54) is 6.07 Å². The van der Waals surface area contributed by atoms with Gasteiger partial charge in [0, 0.05) is 5.69 Å². The van der Waals surface area contributed by atoms with E-state index >= 15 is 0 Å². The summed E-state index contributed by atoms with van der Waals surface area (Å²) >= 11 is 0. The molecule has 2 aliphatic heterocycles. The third-order valence-electron chi connectivity index (χ3n) is 6.07. The second-order valence-electron chi connectivity index (χ2n) is 8.37. The summed E-state index contributed by atoms with van der Waals surface area (Å²) in [6.07, 6.45) is 1.04. The summed E-state index contributed by atoms with van der Waals surface area (Å²) < 4.78 is 39.2.